The van der Waals surface area contributed by atoms with Gasteiger partial charge in [0, 0.05) is 22.3 Å². The molecule has 0 saturated carbocycles. The lowest BCUT2D eigenvalue weighted by atomic mass is 10.2. The number of amides is 1. The fraction of sp³-hybridized carbons (Fsp3) is 0.176. The third kappa shape index (κ3) is 3.16. The number of carbonyl (C=O) groups excluding carboxylic acids is 1. The second-order valence-electron chi connectivity index (χ2n) is 5.48. The van der Waals surface area contributed by atoms with Crippen LogP contribution in [0.25, 0.3) is 10.2 Å². The number of anilines is 1. The lowest BCUT2D eigenvalue weighted by Crippen LogP contribution is -2.14. The molecule has 3 rings (SSSR count). The summed E-state index contributed by atoms with van der Waals surface area (Å²) >= 11 is 7.01. The number of thiazole rings is 1. The molecule has 0 aliphatic heterocycles. The monoisotopic (exact) mass is 346 g/mol. The molecule has 0 spiro atoms. The molecule has 0 aliphatic rings. The molecule has 1 heterocycles. The van der Waals surface area contributed by atoms with Crippen LogP contribution in [0.4, 0.5) is 5.69 Å². The van der Waals surface area contributed by atoms with Crippen LogP contribution >= 0.6 is 22.9 Å². The van der Waals surface area contributed by atoms with Gasteiger partial charge in [-0.2, -0.15) is 0 Å². The molecule has 0 unspecified atom stereocenters. The second-order valence-corrected chi connectivity index (χ2v) is 6.90. The topological polar surface area (TPSA) is 51.1 Å². The lowest BCUT2D eigenvalue weighted by Gasteiger charge is -2.08. The fourth-order valence-corrected chi connectivity index (χ4v) is 3.59. The predicted molar refractivity (Wildman–Crippen MR) is 95.9 cm³/mol. The number of nitrogens with zero attached hydrogens (tertiary/aromatic N) is 1. The van der Waals surface area contributed by atoms with Crippen molar-refractivity contribution in [1.29, 1.82) is 0 Å². The van der Waals surface area contributed by atoms with Gasteiger partial charge in [0.15, 0.2) is 0 Å². The first-order valence-corrected chi connectivity index (χ1v) is 8.37. The Kier molecular flexibility index (Phi) is 4.24. The van der Waals surface area contributed by atoms with Gasteiger partial charge >= 0.3 is 4.87 Å². The van der Waals surface area contributed by atoms with Crippen molar-refractivity contribution in [3.63, 3.8) is 0 Å². The van der Waals surface area contributed by atoms with Crippen molar-refractivity contribution in [2.45, 2.75) is 19.9 Å². The van der Waals surface area contributed by atoms with Gasteiger partial charge in [0.05, 0.1) is 10.2 Å². The van der Waals surface area contributed by atoms with Crippen LogP contribution in [0.2, 0.25) is 5.02 Å². The van der Waals surface area contributed by atoms with E-state index in [0.29, 0.717) is 16.3 Å². The van der Waals surface area contributed by atoms with Crippen LogP contribution in [0.5, 0.6) is 0 Å². The van der Waals surface area contributed by atoms with Crippen LogP contribution < -0.4 is 10.2 Å². The Morgan fingerprint density at radius 2 is 1.87 bits per heavy atom. The molecule has 1 amide bonds. The zero-order valence-corrected chi connectivity index (χ0v) is 14.2. The molecule has 0 radical (unpaired) electrons. The van der Waals surface area contributed by atoms with Gasteiger partial charge in [0.2, 0.25) is 0 Å². The van der Waals surface area contributed by atoms with E-state index in [0.717, 1.165) is 10.2 Å². The normalized spacial score (nSPS) is 11.1. The van der Waals surface area contributed by atoms with Gasteiger partial charge in [-0.05, 0) is 56.3 Å². The first kappa shape index (κ1) is 15.8. The molecule has 118 valence electrons. The van der Waals surface area contributed by atoms with E-state index in [2.05, 4.69) is 5.32 Å². The van der Waals surface area contributed by atoms with E-state index in [-0.39, 0.29) is 16.8 Å². The number of rotatable bonds is 3. The highest BCUT2D eigenvalue weighted by molar-refractivity contribution is 7.16. The standard InChI is InChI=1S/C17H15ClN2O2S/c1-10(2)20-14-8-7-13(9-15(14)23-17(20)22)19-16(21)11-3-5-12(18)6-4-11/h3-10H,1-2H3,(H,19,21). The van der Waals surface area contributed by atoms with Gasteiger partial charge in [-0.15, -0.1) is 0 Å². The van der Waals surface area contributed by atoms with E-state index in [9.17, 15) is 9.59 Å². The molecule has 1 aromatic heterocycles. The molecule has 0 aliphatic carbocycles. The van der Waals surface area contributed by atoms with Crippen LogP contribution in [0.3, 0.4) is 0 Å². The smallest absolute Gasteiger partial charge is 0.308 e. The van der Waals surface area contributed by atoms with E-state index >= 15 is 0 Å². The van der Waals surface area contributed by atoms with Gasteiger partial charge < -0.3 is 5.32 Å². The summed E-state index contributed by atoms with van der Waals surface area (Å²) in [6.45, 7) is 3.95. The molecule has 23 heavy (non-hydrogen) atoms. The molecule has 0 atom stereocenters. The highest BCUT2D eigenvalue weighted by Gasteiger charge is 2.12. The Balaban J connectivity index is 1.91. The Morgan fingerprint density at radius 1 is 1.17 bits per heavy atom. The first-order chi connectivity index (χ1) is 11.0. The Bertz CT molecular complexity index is 926. The lowest BCUT2D eigenvalue weighted by molar-refractivity contribution is 0.102. The molecule has 2 aromatic carbocycles. The summed E-state index contributed by atoms with van der Waals surface area (Å²) in [5, 5.41) is 3.43. The molecule has 6 heteroatoms. The van der Waals surface area contributed by atoms with Crippen LogP contribution in [0, 0.1) is 0 Å². The second kappa shape index (κ2) is 6.18. The number of hydrogen-bond acceptors (Lipinski definition) is 3. The summed E-state index contributed by atoms with van der Waals surface area (Å²) in [6, 6.07) is 12.3. The molecule has 0 bridgehead atoms. The minimum atomic E-state index is -0.211. The van der Waals surface area contributed by atoms with Crippen molar-refractivity contribution in [2.24, 2.45) is 0 Å². The minimum absolute atomic E-state index is 0.0103. The van der Waals surface area contributed by atoms with Gasteiger partial charge in [0.1, 0.15) is 0 Å². The summed E-state index contributed by atoms with van der Waals surface area (Å²) in [5.74, 6) is -0.211. The van der Waals surface area contributed by atoms with Crippen LogP contribution in [0.15, 0.2) is 47.3 Å². The average Bonchev–Trinajstić information content (AvgIpc) is 2.83. The predicted octanol–water partition coefficient (Wildman–Crippen LogP) is 4.55. The largest absolute Gasteiger partial charge is 0.322 e. The average molecular weight is 347 g/mol. The zero-order valence-electron chi connectivity index (χ0n) is 12.7. The number of aromatic nitrogens is 1. The molecular formula is C17H15ClN2O2S. The van der Waals surface area contributed by atoms with Gasteiger partial charge in [-0.1, -0.05) is 22.9 Å². The van der Waals surface area contributed by atoms with E-state index < -0.39 is 0 Å². The van der Waals surface area contributed by atoms with Crippen LogP contribution in [-0.4, -0.2) is 10.5 Å². The number of nitrogens with one attached hydrogen (secondary N) is 1. The quantitative estimate of drug-likeness (QED) is 0.756. The summed E-state index contributed by atoms with van der Waals surface area (Å²) < 4.78 is 2.61. The van der Waals surface area contributed by atoms with Gasteiger partial charge in [-0.25, -0.2) is 0 Å². The number of hydrogen-bond donors (Lipinski definition) is 1. The number of benzene rings is 2. The third-order valence-electron chi connectivity index (χ3n) is 3.49. The molecule has 3 aromatic rings. The van der Waals surface area contributed by atoms with Crippen molar-refractivity contribution < 1.29 is 4.79 Å². The summed E-state index contributed by atoms with van der Waals surface area (Å²) in [6.07, 6.45) is 0. The fourth-order valence-electron chi connectivity index (χ4n) is 2.41. The van der Waals surface area contributed by atoms with E-state index in [1.807, 2.05) is 26.0 Å². The summed E-state index contributed by atoms with van der Waals surface area (Å²) in [4.78, 5) is 24.3. The maximum Gasteiger partial charge on any atom is 0.308 e. The van der Waals surface area contributed by atoms with Crippen molar-refractivity contribution in [3.05, 3.63) is 62.7 Å². The number of fused-ring (bicyclic) bond motifs is 1. The highest BCUT2D eigenvalue weighted by Crippen LogP contribution is 2.24. The number of halogens is 1. The molecule has 0 saturated heterocycles. The van der Waals surface area contributed by atoms with Crippen molar-refractivity contribution in [3.8, 4) is 0 Å². The SMILES string of the molecule is CC(C)n1c(=O)sc2cc(NC(=O)c3ccc(Cl)cc3)ccc21. The summed E-state index contributed by atoms with van der Waals surface area (Å²) in [5.41, 5.74) is 2.08. The van der Waals surface area contributed by atoms with Crippen molar-refractivity contribution in [1.82, 2.24) is 4.57 Å². The molecule has 1 N–H and O–H groups in total. The maximum absolute atomic E-state index is 12.2. The van der Waals surface area contributed by atoms with E-state index in [1.165, 1.54) is 11.3 Å². The van der Waals surface area contributed by atoms with E-state index in [1.54, 1.807) is 34.9 Å². The Labute approximate surface area is 142 Å². The third-order valence-corrected chi connectivity index (χ3v) is 4.66. The van der Waals surface area contributed by atoms with Crippen LogP contribution in [-0.2, 0) is 0 Å². The molecular weight excluding hydrogens is 332 g/mol. The minimum Gasteiger partial charge on any atom is -0.322 e. The number of carbonyl (C=O) groups is 1. The Morgan fingerprint density at radius 3 is 2.52 bits per heavy atom. The van der Waals surface area contributed by atoms with Crippen molar-refractivity contribution in [2.75, 3.05) is 5.32 Å². The van der Waals surface area contributed by atoms with Crippen molar-refractivity contribution >= 4 is 44.7 Å². The summed E-state index contributed by atoms with van der Waals surface area (Å²) in [7, 11) is 0. The van der Waals surface area contributed by atoms with Gasteiger partial charge in [-0.3, -0.25) is 14.2 Å². The first-order valence-electron chi connectivity index (χ1n) is 7.17. The van der Waals surface area contributed by atoms with Gasteiger partial charge in [0.25, 0.3) is 5.91 Å². The molecule has 4 nitrogen and oxygen atoms in total. The highest BCUT2D eigenvalue weighted by atomic mass is 35.5. The maximum atomic E-state index is 12.2. The van der Waals surface area contributed by atoms with Crippen LogP contribution in [0.1, 0.15) is 30.2 Å². The molecule has 0 fully saturated rings. The zero-order chi connectivity index (χ0) is 16.6. The van der Waals surface area contributed by atoms with E-state index in [4.69, 9.17) is 11.6 Å². The Hall–Kier alpha value is -2.11.